The Morgan fingerprint density at radius 3 is 2.44 bits per heavy atom. The van der Waals surface area contributed by atoms with Crippen LogP contribution >= 0.6 is 11.6 Å². The Kier molecular flexibility index (Phi) is 2.28. The number of hydrogen-bond acceptors (Lipinski definition) is 1. The predicted molar refractivity (Wildman–Crippen MR) is 60.4 cm³/mol. The van der Waals surface area contributed by atoms with Crippen molar-refractivity contribution in [2.45, 2.75) is 31.6 Å². The molecule has 0 radical (unpaired) electrons. The fourth-order valence-corrected chi connectivity index (χ4v) is 3.17. The highest BCUT2D eigenvalue weighted by Gasteiger charge is 2.35. The number of Topliss-reactive ketones (excluding diaryl/α,β-unsaturated/α-hetero) is 1. The summed E-state index contributed by atoms with van der Waals surface area (Å²) in [6, 6.07) is 2.99. The topological polar surface area (TPSA) is 17.1 Å². The minimum atomic E-state index is -0.477. The zero-order valence-corrected chi connectivity index (χ0v) is 9.56. The van der Waals surface area contributed by atoms with Crippen LogP contribution in [0.2, 0.25) is 5.02 Å². The second-order valence-electron chi connectivity index (χ2n) is 4.77. The van der Waals surface area contributed by atoms with Gasteiger partial charge in [-0.2, -0.15) is 0 Å². The quantitative estimate of drug-likeness (QED) is 0.669. The lowest BCUT2D eigenvalue weighted by Crippen LogP contribution is -2.15. The molecule has 1 aromatic carbocycles. The average Bonchev–Trinajstić information content (AvgIpc) is 2.49. The molecule has 3 aliphatic rings. The first-order valence-corrected chi connectivity index (χ1v) is 6.08. The van der Waals surface area contributed by atoms with Crippen LogP contribution in [0.3, 0.4) is 0 Å². The van der Waals surface area contributed by atoms with Gasteiger partial charge in [0.1, 0.15) is 5.82 Å². The third kappa shape index (κ3) is 1.40. The van der Waals surface area contributed by atoms with Gasteiger partial charge in [0, 0.05) is 11.5 Å². The van der Waals surface area contributed by atoms with Gasteiger partial charge in [-0.25, -0.2) is 4.39 Å². The summed E-state index contributed by atoms with van der Waals surface area (Å²) < 4.78 is 13.4. The predicted octanol–water partition coefficient (Wildman–Crippen LogP) is 3.95. The van der Waals surface area contributed by atoms with E-state index < -0.39 is 5.82 Å². The van der Waals surface area contributed by atoms with E-state index in [2.05, 4.69) is 0 Å². The maximum Gasteiger partial charge on any atom is 0.166 e. The molecule has 0 N–H and O–H groups in total. The molecule has 1 fully saturated rings. The number of carbonyl (C=O) groups is 1. The molecule has 3 aliphatic carbocycles. The first kappa shape index (κ1) is 10.3. The van der Waals surface area contributed by atoms with Crippen molar-refractivity contribution in [3.05, 3.63) is 34.1 Å². The Hall–Kier alpha value is -0.890. The van der Waals surface area contributed by atoms with Gasteiger partial charge in [-0.1, -0.05) is 11.6 Å². The SMILES string of the molecule is O=C1c2cc(F)c(Cl)cc2C2CCC1CC2. The maximum absolute atomic E-state index is 13.4. The van der Waals surface area contributed by atoms with Crippen LogP contribution in [0.25, 0.3) is 0 Å². The van der Waals surface area contributed by atoms with E-state index in [-0.39, 0.29) is 16.7 Å². The monoisotopic (exact) mass is 238 g/mol. The molecular weight excluding hydrogens is 227 g/mol. The van der Waals surface area contributed by atoms with Crippen molar-refractivity contribution in [2.75, 3.05) is 0 Å². The molecule has 1 saturated carbocycles. The molecule has 0 spiro atoms. The first-order valence-electron chi connectivity index (χ1n) is 5.70. The van der Waals surface area contributed by atoms with Crippen LogP contribution in [-0.2, 0) is 0 Å². The number of benzene rings is 1. The molecular formula is C13H12ClFO. The molecule has 0 heterocycles. The van der Waals surface area contributed by atoms with Gasteiger partial charge in [0.15, 0.2) is 5.78 Å². The number of ketones is 1. The van der Waals surface area contributed by atoms with E-state index >= 15 is 0 Å². The van der Waals surface area contributed by atoms with Gasteiger partial charge in [-0.3, -0.25) is 4.79 Å². The standard InChI is InChI=1S/C13H12ClFO/c14-11-5-9-7-1-3-8(4-2-7)13(16)10(9)6-12(11)15/h5-8H,1-4H2. The first-order chi connectivity index (χ1) is 7.66. The Balaban J connectivity index is 2.22. The highest BCUT2D eigenvalue weighted by Crippen LogP contribution is 2.44. The summed E-state index contributed by atoms with van der Waals surface area (Å²) in [5.74, 6) is 0.148. The Morgan fingerprint density at radius 2 is 1.75 bits per heavy atom. The second-order valence-corrected chi connectivity index (χ2v) is 5.17. The Bertz CT molecular complexity index is 461. The molecule has 84 valence electrons. The molecule has 0 aliphatic heterocycles. The lowest BCUT2D eigenvalue weighted by Gasteiger charge is -2.22. The van der Waals surface area contributed by atoms with Crippen molar-refractivity contribution in [1.29, 1.82) is 0 Å². The van der Waals surface area contributed by atoms with Gasteiger partial charge in [-0.15, -0.1) is 0 Å². The van der Waals surface area contributed by atoms with Crippen molar-refractivity contribution in [3.8, 4) is 0 Å². The van der Waals surface area contributed by atoms with Crippen molar-refractivity contribution < 1.29 is 9.18 Å². The number of hydrogen-bond donors (Lipinski definition) is 0. The van der Waals surface area contributed by atoms with E-state index in [0.717, 1.165) is 31.2 Å². The van der Waals surface area contributed by atoms with Crippen molar-refractivity contribution in [1.82, 2.24) is 0 Å². The number of rotatable bonds is 0. The van der Waals surface area contributed by atoms with Gasteiger partial charge in [0.05, 0.1) is 5.02 Å². The minimum Gasteiger partial charge on any atom is -0.294 e. The lowest BCUT2D eigenvalue weighted by molar-refractivity contribution is 0.0898. The summed E-state index contributed by atoms with van der Waals surface area (Å²) in [6.45, 7) is 0. The van der Waals surface area contributed by atoms with E-state index in [4.69, 9.17) is 11.6 Å². The molecule has 0 atom stereocenters. The fourth-order valence-electron chi connectivity index (χ4n) is 3.00. The van der Waals surface area contributed by atoms with Crippen LogP contribution in [0.5, 0.6) is 0 Å². The summed E-state index contributed by atoms with van der Waals surface area (Å²) in [6.07, 6.45) is 3.95. The van der Waals surface area contributed by atoms with Crippen LogP contribution in [-0.4, -0.2) is 5.78 Å². The van der Waals surface area contributed by atoms with Gasteiger partial charge >= 0.3 is 0 Å². The van der Waals surface area contributed by atoms with Crippen LogP contribution in [0.4, 0.5) is 4.39 Å². The van der Waals surface area contributed by atoms with E-state index in [1.807, 2.05) is 0 Å². The smallest absolute Gasteiger partial charge is 0.166 e. The van der Waals surface area contributed by atoms with E-state index in [1.165, 1.54) is 6.07 Å². The third-order valence-corrected chi connectivity index (χ3v) is 4.19. The molecule has 1 aromatic rings. The summed E-state index contributed by atoms with van der Waals surface area (Å²) in [7, 11) is 0. The molecule has 0 saturated heterocycles. The summed E-state index contributed by atoms with van der Waals surface area (Å²) in [5, 5.41) is 0.136. The molecule has 0 amide bonds. The molecule has 2 bridgehead atoms. The summed E-state index contributed by atoms with van der Waals surface area (Å²) in [5.41, 5.74) is 1.54. The summed E-state index contributed by atoms with van der Waals surface area (Å²) >= 11 is 5.80. The zero-order chi connectivity index (χ0) is 11.3. The molecule has 16 heavy (non-hydrogen) atoms. The zero-order valence-electron chi connectivity index (χ0n) is 8.80. The van der Waals surface area contributed by atoms with E-state index in [9.17, 15) is 9.18 Å². The third-order valence-electron chi connectivity index (χ3n) is 3.90. The van der Waals surface area contributed by atoms with Crippen molar-refractivity contribution in [3.63, 3.8) is 0 Å². The number of halogens is 2. The summed E-state index contributed by atoms with van der Waals surface area (Å²) in [4.78, 5) is 12.1. The van der Waals surface area contributed by atoms with Gasteiger partial charge < -0.3 is 0 Å². The Morgan fingerprint density at radius 1 is 1.12 bits per heavy atom. The number of fused-ring (bicyclic) bond motifs is 2. The van der Waals surface area contributed by atoms with Crippen LogP contribution in [0.1, 0.15) is 47.5 Å². The second kappa shape index (κ2) is 3.56. The Labute approximate surface area is 98.6 Å². The highest BCUT2D eigenvalue weighted by molar-refractivity contribution is 6.31. The molecule has 0 aromatic heterocycles. The number of carbonyl (C=O) groups excluding carboxylic acids is 1. The largest absolute Gasteiger partial charge is 0.294 e. The van der Waals surface area contributed by atoms with E-state index in [1.54, 1.807) is 6.07 Å². The van der Waals surface area contributed by atoms with Crippen LogP contribution in [0, 0.1) is 11.7 Å². The van der Waals surface area contributed by atoms with E-state index in [0.29, 0.717) is 11.5 Å². The van der Waals surface area contributed by atoms with Crippen LogP contribution < -0.4 is 0 Å². The van der Waals surface area contributed by atoms with Crippen LogP contribution in [0.15, 0.2) is 12.1 Å². The van der Waals surface area contributed by atoms with Gasteiger partial charge in [0.25, 0.3) is 0 Å². The molecule has 0 unspecified atom stereocenters. The van der Waals surface area contributed by atoms with Crippen molar-refractivity contribution in [2.24, 2.45) is 5.92 Å². The maximum atomic E-state index is 13.4. The molecule has 4 rings (SSSR count). The van der Waals surface area contributed by atoms with Gasteiger partial charge in [-0.05, 0) is 49.3 Å². The fraction of sp³-hybridized carbons (Fsp3) is 0.462. The molecule has 3 heteroatoms. The lowest BCUT2D eigenvalue weighted by atomic mass is 9.82. The highest BCUT2D eigenvalue weighted by atomic mass is 35.5. The molecule has 1 nitrogen and oxygen atoms in total. The van der Waals surface area contributed by atoms with Crippen molar-refractivity contribution >= 4 is 17.4 Å². The average molecular weight is 239 g/mol. The van der Waals surface area contributed by atoms with Gasteiger partial charge in [0.2, 0.25) is 0 Å². The minimum absolute atomic E-state index is 0.109. The normalized spacial score (nSPS) is 27.8.